The number of ether oxygens (including phenoxy) is 2. The molecule has 1 amide bonds. The summed E-state index contributed by atoms with van der Waals surface area (Å²) >= 11 is 0. The number of nitrogens with one attached hydrogen (secondary N) is 1. The molecule has 2 aromatic rings. The van der Waals surface area contributed by atoms with Crippen molar-refractivity contribution in [2.24, 2.45) is 0 Å². The second kappa shape index (κ2) is 7.85. The van der Waals surface area contributed by atoms with Gasteiger partial charge in [0.25, 0.3) is 5.91 Å². The Morgan fingerprint density at radius 3 is 2.92 bits per heavy atom. The fourth-order valence-electron chi connectivity index (χ4n) is 3.54. The maximum atomic E-state index is 12.7. The first-order valence-corrected chi connectivity index (χ1v) is 9.07. The summed E-state index contributed by atoms with van der Waals surface area (Å²) in [6.45, 7) is 4.38. The topological polar surface area (TPSA) is 63.7 Å². The summed E-state index contributed by atoms with van der Waals surface area (Å²) in [6.07, 6.45) is 4.51. The average Bonchev–Trinajstić information content (AvgIpc) is 3.17. The van der Waals surface area contributed by atoms with E-state index in [-0.39, 0.29) is 11.9 Å². The highest BCUT2D eigenvalue weighted by molar-refractivity contribution is 5.94. The second-order valence-corrected chi connectivity index (χ2v) is 6.58. The van der Waals surface area contributed by atoms with Crippen LogP contribution in [0.4, 0.5) is 0 Å². The van der Waals surface area contributed by atoms with Gasteiger partial charge in [-0.15, -0.1) is 0 Å². The van der Waals surface area contributed by atoms with Gasteiger partial charge in [0, 0.05) is 44.0 Å². The van der Waals surface area contributed by atoms with Gasteiger partial charge in [0.15, 0.2) is 0 Å². The number of carbonyl (C=O) groups excluding carboxylic acids is 1. The zero-order chi connectivity index (χ0) is 17.8. The normalized spacial score (nSPS) is 18.0. The second-order valence-electron chi connectivity index (χ2n) is 6.58. The fourth-order valence-corrected chi connectivity index (χ4v) is 3.54. The van der Waals surface area contributed by atoms with Gasteiger partial charge < -0.3 is 14.8 Å². The predicted octanol–water partition coefficient (Wildman–Crippen LogP) is 1.82. The van der Waals surface area contributed by atoms with Crippen LogP contribution in [0, 0.1) is 0 Å². The van der Waals surface area contributed by atoms with Crippen LogP contribution < -0.4 is 10.1 Å². The Morgan fingerprint density at radius 1 is 1.23 bits per heavy atom. The van der Waals surface area contributed by atoms with Gasteiger partial charge in [-0.25, -0.2) is 0 Å². The van der Waals surface area contributed by atoms with Crippen molar-refractivity contribution in [3.8, 4) is 5.75 Å². The van der Waals surface area contributed by atoms with Crippen molar-refractivity contribution in [1.29, 1.82) is 0 Å². The minimum atomic E-state index is -0.0538. The van der Waals surface area contributed by atoms with Crippen LogP contribution in [-0.4, -0.2) is 55.2 Å². The highest BCUT2D eigenvalue weighted by Gasteiger charge is 2.24. The van der Waals surface area contributed by atoms with Crippen molar-refractivity contribution in [2.45, 2.75) is 12.5 Å². The average molecular weight is 353 g/mol. The number of fused-ring (bicyclic) bond motifs is 1. The minimum Gasteiger partial charge on any atom is -0.493 e. The molecule has 26 heavy (non-hydrogen) atoms. The van der Waals surface area contributed by atoms with Crippen LogP contribution in [0.3, 0.4) is 0 Å². The van der Waals surface area contributed by atoms with E-state index >= 15 is 0 Å². The van der Waals surface area contributed by atoms with E-state index in [0.29, 0.717) is 18.7 Å². The number of benzene rings is 1. The molecule has 2 aliphatic rings. The molecule has 3 heterocycles. The number of rotatable bonds is 5. The molecule has 0 aliphatic carbocycles. The van der Waals surface area contributed by atoms with Crippen molar-refractivity contribution in [2.75, 3.05) is 39.5 Å². The van der Waals surface area contributed by atoms with Gasteiger partial charge in [-0.2, -0.15) is 0 Å². The number of carbonyl (C=O) groups is 1. The van der Waals surface area contributed by atoms with Crippen LogP contribution in [0.5, 0.6) is 5.75 Å². The quantitative estimate of drug-likeness (QED) is 0.888. The van der Waals surface area contributed by atoms with Crippen LogP contribution >= 0.6 is 0 Å². The molecule has 6 nitrogen and oxygen atoms in total. The van der Waals surface area contributed by atoms with E-state index in [0.717, 1.165) is 49.6 Å². The molecule has 4 rings (SSSR count). The fraction of sp³-hybridized carbons (Fsp3) is 0.400. The molecule has 1 N–H and O–H groups in total. The van der Waals surface area contributed by atoms with Crippen molar-refractivity contribution >= 4 is 5.91 Å². The summed E-state index contributed by atoms with van der Waals surface area (Å²) in [4.78, 5) is 19.2. The lowest BCUT2D eigenvalue weighted by Gasteiger charge is -2.34. The maximum absolute atomic E-state index is 12.7. The highest BCUT2D eigenvalue weighted by Crippen LogP contribution is 2.26. The van der Waals surface area contributed by atoms with E-state index in [1.807, 2.05) is 30.5 Å². The van der Waals surface area contributed by atoms with Crippen molar-refractivity contribution in [1.82, 2.24) is 15.2 Å². The zero-order valence-corrected chi connectivity index (χ0v) is 14.7. The molecule has 1 aromatic carbocycles. The molecule has 0 bridgehead atoms. The van der Waals surface area contributed by atoms with E-state index in [1.165, 1.54) is 0 Å². The van der Waals surface area contributed by atoms with E-state index < -0.39 is 0 Å². The first-order chi connectivity index (χ1) is 12.8. The molecule has 0 spiro atoms. The van der Waals surface area contributed by atoms with E-state index in [2.05, 4.69) is 21.3 Å². The van der Waals surface area contributed by atoms with Crippen molar-refractivity contribution in [3.05, 3.63) is 59.4 Å². The Bertz CT molecular complexity index is 760. The molecule has 0 saturated carbocycles. The highest BCUT2D eigenvalue weighted by atomic mass is 16.5. The summed E-state index contributed by atoms with van der Waals surface area (Å²) in [5, 5.41) is 3.10. The van der Waals surface area contributed by atoms with E-state index in [1.54, 1.807) is 6.20 Å². The van der Waals surface area contributed by atoms with Crippen LogP contribution in [0.1, 0.15) is 27.5 Å². The molecule has 1 unspecified atom stereocenters. The Morgan fingerprint density at radius 2 is 2.12 bits per heavy atom. The van der Waals surface area contributed by atoms with Crippen LogP contribution in [0.15, 0.2) is 42.7 Å². The molecule has 6 heteroatoms. The van der Waals surface area contributed by atoms with Crippen molar-refractivity contribution in [3.63, 3.8) is 0 Å². The van der Waals surface area contributed by atoms with Gasteiger partial charge in [0.05, 0.1) is 25.9 Å². The summed E-state index contributed by atoms with van der Waals surface area (Å²) in [5.74, 6) is 0.838. The Kier molecular flexibility index (Phi) is 5.13. The predicted molar refractivity (Wildman–Crippen MR) is 97.3 cm³/mol. The number of pyridine rings is 1. The van der Waals surface area contributed by atoms with Crippen LogP contribution in [0.25, 0.3) is 0 Å². The lowest BCUT2D eigenvalue weighted by molar-refractivity contribution is 0.0161. The molecule has 1 aromatic heterocycles. The van der Waals surface area contributed by atoms with Gasteiger partial charge in [-0.05, 0) is 35.4 Å². The monoisotopic (exact) mass is 353 g/mol. The molecule has 1 saturated heterocycles. The number of aromatic nitrogens is 1. The maximum Gasteiger partial charge on any atom is 0.251 e. The van der Waals surface area contributed by atoms with Crippen molar-refractivity contribution < 1.29 is 14.3 Å². The largest absolute Gasteiger partial charge is 0.493 e. The van der Waals surface area contributed by atoms with Crippen LogP contribution in [-0.2, 0) is 11.2 Å². The number of morpholine rings is 1. The zero-order valence-electron chi connectivity index (χ0n) is 14.7. The third kappa shape index (κ3) is 3.71. The minimum absolute atomic E-state index is 0.0538. The molecule has 0 radical (unpaired) electrons. The van der Waals surface area contributed by atoms with Gasteiger partial charge >= 0.3 is 0 Å². The Balaban J connectivity index is 1.46. The third-order valence-electron chi connectivity index (χ3n) is 4.96. The van der Waals surface area contributed by atoms with Gasteiger partial charge in [0.2, 0.25) is 0 Å². The molecular formula is C20H23N3O3. The van der Waals surface area contributed by atoms with E-state index in [9.17, 15) is 4.79 Å². The summed E-state index contributed by atoms with van der Waals surface area (Å²) in [6, 6.07) is 9.74. The number of hydrogen-bond donors (Lipinski definition) is 1. The molecule has 1 atom stereocenters. The number of amides is 1. The SMILES string of the molecule is O=C(NCC(c1cccnc1)N1CCOCC1)c1ccc2c(c1)CCO2. The Labute approximate surface area is 153 Å². The molecule has 136 valence electrons. The lowest BCUT2D eigenvalue weighted by atomic mass is 10.1. The molecular weight excluding hydrogens is 330 g/mol. The standard InChI is InChI=1S/C20H23N3O3/c24-20(16-3-4-19-15(12-16)5-9-26-19)22-14-18(17-2-1-6-21-13-17)23-7-10-25-11-8-23/h1-4,6,12-13,18H,5,7-11,14H2,(H,22,24). The molecule has 1 fully saturated rings. The summed E-state index contributed by atoms with van der Waals surface area (Å²) < 4.78 is 11.0. The smallest absolute Gasteiger partial charge is 0.251 e. The first-order valence-electron chi connectivity index (χ1n) is 9.07. The van der Waals surface area contributed by atoms with Gasteiger partial charge in [-0.3, -0.25) is 14.7 Å². The van der Waals surface area contributed by atoms with Crippen LogP contribution in [0.2, 0.25) is 0 Å². The third-order valence-corrected chi connectivity index (χ3v) is 4.96. The number of hydrogen-bond acceptors (Lipinski definition) is 5. The summed E-state index contributed by atoms with van der Waals surface area (Å²) in [5.41, 5.74) is 2.90. The lowest BCUT2D eigenvalue weighted by Crippen LogP contribution is -2.43. The summed E-state index contributed by atoms with van der Waals surface area (Å²) in [7, 11) is 0. The molecule has 2 aliphatic heterocycles. The van der Waals surface area contributed by atoms with Gasteiger partial charge in [0.1, 0.15) is 5.75 Å². The Hall–Kier alpha value is -2.44. The first kappa shape index (κ1) is 17.0. The van der Waals surface area contributed by atoms with E-state index in [4.69, 9.17) is 9.47 Å². The van der Waals surface area contributed by atoms with Gasteiger partial charge in [-0.1, -0.05) is 6.07 Å². The number of nitrogens with zero attached hydrogens (tertiary/aromatic N) is 2.